The molecule has 130 valence electrons. The number of hydrogen-bond donors (Lipinski definition) is 2. The van der Waals surface area contributed by atoms with E-state index in [2.05, 4.69) is 5.32 Å². The van der Waals surface area contributed by atoms with Gasteiger partial charge >= 0.3 is 0 Å². The lowest BCUT2D eigenvalue weighted by molar-refractivity contribution is -0.130. The first-order valence-corrected chi connectivity index (χ1v) is 9.48. The minimum Gasteiger partial charge on any atom is -0.381 e. The van der Waals surface area contributed by atoms with Gasteiger partial charge in [-0.3, -0.25) is 4.79 Å². The van der Waals surface area contributed by atoms with Crippen molar-refractivity contribution < 1.29 is 18.3 Å². The lowest BCUT2D eigenvalue weighted by Crippen LogP contribution is -2.36. The Kier molecular flexibility index (Phi) is 5.03. The van der Waals surface area contributed by atoms with Gasteiger partial charge in [0.05, 0.1) is 9.90 Å². The van der Waals surface area contributed by atoms with E-state index in [1.807, 2.05) is 25.1 Å². The molecule has 0 aliphatic rings. The molecule has 1 amide bonds. The van der Waals surface area contributed by atoms with Crippen LogP contribution in [0.2, 0.25) is 0 Å². The zero-order chi connectivity index (χ0) is 18.1. The Hall–Kier alpha value is -1.90. The number of benzene rings is 1. The highest BCUT2D eigenvalue weighted by Crippen LogP contribution is 2.32. The molecule has 24 heavy (non-hydrogen) atoms. The summed E-state index contributed by atoms with van der Waals surface area (Å²) in [4.78, 5) is 13.8. The minimum atomic E-state index is -3.67. The molecule has 1 aromatic carbocycles. The third-order valence-corrected chi connectivity index (χ3v) is 6.53. The van der Waals surface area contributed by atoms with E-state index < -0.39 is 21.3 Å². The number of anilines is 2. The first-order valence-electron chi connectivity index (χ1n) is 7.18. The van der Waals surface area contributed by atoms with Crippen molar-refractivity contribution in [2.45, 2.75) is 28.6 Å². The standard InChI is InChI=1S/C16H20N2O4S2/c1-16(2,20)15(19)17-13-8-9-14(23-13)24(21,22)12-7-5-6-11(10-12)18(3)4/h5-10,20H,1-4H3,(H,17,19). The number of hydrogen-bond acceptors (Lipinski definition) is 6. The second-order valence-electron chi connectivity index (χ2n) is 6.03. The van der Waals surface area contributed by atoms with Crippen LogP contribution in [0.5, 0.6) is 0 Å². The maximum Gasteiger partial charge on any atom is 0.256 e. The topological polar surface area (TPSA) is 86.7 Å². The van der Waals surface area contributed by atoms with Crippen molar-refractivity contribution >= 4 is 37.8 Å². The number of nitrogens with zero attached hydrogens (tertiary/aromatic N) is 1. The van der Waals surface area contributed by atoms with E-state index in [9.17, 15) is 18.3 Å². The Bertz CT molecular complexity index is 849. The summed E-state index contributed by atoms with van der Waals surface area (Å²) in [7, 11) is 0.00157. The molecule has 2 rings (SSSR count). The molecule has 1 aromatic heterocycles. The van der Waals surface area contributed by atoms with Gasteiger partial charge < -0.3 is 15.3 Å². The average Bonchev–Trinajstić information content (AvgIpc) is 2.95. The fourth-order valence-corrected chi connectivity index (χ4v) is 4.48. The second kappa shape index (κ2) is 6.54. The summed E-state index contributed by atoms with van der Waals surface area (Å²) < 4.78 is 25.6. The highest BCUT2D eigenvalue weighted by molar-refractivity contribution is 7.93. The number of nitrogens with one attached hydrogen (secondary N) is 1. The Labute approximate surface area is 145 Å². The van der Waals surface area contributed by atoms with Crippen LogP contribution in [-0.2, 0) is 14.6 Å². The Balaban J connectivity index is 2.31. The summed E-state index contributed by atoms with van der Waals surface area (Å²) in [5.41, 5.74) is -0.758. The molecule has 0 saturated carbocycles. The van der Waals surface area contributed by atoms with E-state index in [0.29, 0.717) is 5.00 Å². The largest absolute Gasteiger partial charge is 0.381 e. The van der Waals surface area contributed by atoms with Gasteiger partial charge in [0.2, 0.25) is 9.84 Å². The van der Waals surface area contributed by atoms with Gasteiger partial charge in [0, 0.05) is 19.8 Å². The van der Waals surface area contributed by atoms with Crippen LogP contribution in [-0.4, -0.2) is 39.1 Å². The quantitative estimate of drug-likeness (QED) is 0.846. The SMILES string of the molecule is CN(C)c1cccc(S(=O)(=O)c2ccc(NC(=O)C(C)(C)O)s2)c1. The molecule has 0 spiro atoms. The molecule has 0 aliphatic carbocycles. The monoisotopic (exact) mass is 368 g/mol. The van der Waals surface area contributed by atoms with E-state index in [-0.39, 0.29) is 9.10 Å². The Morgan fingerprint density at radius 3 is 2.46 bits per heavy atom. The van der Waals surface area contributed by atoms with Crippen molar-refractivity contribution in [2.75, 3.05) is 24.3 Å². The molecular formula is C16H20N2O4S2. The van der Waals surface area contributed by atoms with Gasteiger partial charge in [-0.15, -0.1) is 11.3 Å². The highest BCUT2D eigenvalue weighted by atomic mass is 32.2. The molecule has 0 bridgehead atoms. The van der Waals surface area contributed by atoms with Crippen molar-refractivity contribution in [1.29, 1.82) is 0 Å². The molecule has 1 heterocycles. The van der Waals surface area contributed by atoms with Gasteiger partial charge in [0.1, 0.15) is 9.81 Å². The minimum absolute atomic E-state index is 0.129. The summed E-state index contributed by atoms with van der Waals surface area (Å²) in [6.07, 6.45) is 0. The van der Waals surface area contributed by atoms with Crippen LogP contribution in [0.15, 0.2) is 45.5 Å². The lowest BCUT2D eigenvalue weighted by atomic mass is 10.1. The maximum absolute atomic E-state index is 12.7. The van der Waals surface area contributed by atoms with Gasteiger partial charge in [-0.05, 0) is 44.2 Å². The van der Waals surface area contributed by atoms with E-state index in [4.69, 9.17) is 0 Å². The van der Waals surface area contributed by atoms with Gasteiger partial charge in [0.15, 0.2) is 0 Å². The Morgan fingerprint density at radius 2 is 1.88 bits per heavy atom. The second-order valence-corrected chi connectivity index (χ2v) is 9.29. The van der Waals surface area contributed by atoms with Crippen molar-refractivity contribution in [3.05, 3.63) is 36.4 Å². The van der Waals surface area contributed by atoms with Crippen LogP contribution in [0.3, 0.4) is 0 Å². The van der Waals surface area contributed by atoms with Crippen molar-refractivity contribution in [3.63, 3.8) is 0 Å². The first kappa shape index (κ1) is 18.4. The van der Waals surface area contributed by atoms with E-state index in [1.54, 1.807) is 12.1 Å². The van der Waals surface area contributed by atoms with Gasteiger partial charge in [-0.1, -0.05) is 6.07 Å². The number of thiophene rings is 1. The molecule has 0 fully saturated rings. The van der Waals surface area contributed by atoms with E-state index >= 15 is 0 Å². The molecule has 0 aliphatic heterocycles. The summed E-state index contributed by atoms with van der Waals surface area (Å²) >= 11 is 0.949. The molecule has 8 heteroatoms. The number of carbonyl (C=O) groups excluding carboxylic acids is 1. The van der Waals surface area contributed by atoms with Gasteiger partial charge in [0.25, 0.3) is 5.91 Å². The molecule has 0 radical (unpaired) electrons. The molecule has 0 unspecified atom stereocenters. The van der Waals surface area contributed by atoms with Crippen molar-refractivity contribution in [3.8, 4) is 0 Å². The van der Waals surface area contributed by atoms with Crippen LogP contribution in [0, 0.1) is 0 Å². The molecular weight excluding hydrogens is 348 g/mol. The van der Waals surface area contributed by atoms with Crippen LogP contribution in [0.25, 0.3) is 0 Å². The summed E-state index contributed by atoms with van der Waals surface area (Å²) in [6, 6.07) is 9.61. The first-order chi connectivity index (χ1) is 11.0. The van der Waals surface area contributed by atoms with Crippen LogP contribution in [0.4, 0.5) is 10.7 Å². The number of aliphatic hydroxyl groups is 1. The van der Waals surface area contributed by atoms with Crippen LogP contribution in [0.1, 0.15) is 13.8 Å². The number of amides is 1. The van der Waals surface area contributed by atoms with Crippen molar-refractivity contribution in [2.24, 2.45) is 0 Å². The van der Waals surface area contributed by atoms with E-state index in [0.717, 1.165) is 17.0 Å². The van der Waals surface area contributed by atoms with Crippen LogP contribution < -0.4 is 10.2 Å². The molecule has 2 aromatic rings. The zero-order valence-corrected chi connectivity index (χ0v) is 15.5. The molecule has 2 N–H and O–H groups in total. The lowest BCUT2D eigenvalue weighted by Gasteiger charge is -2.15. The van der Waals surface area contributed by atoms with Gasteiger partial charge in [-0.2, -0.15) is 0 Å². The molecule has 0 atom stereocenters. The normalized spacial score (nSPS) is 12.0. The molecule has 6 nitrogen and oxygen atoms in total. The van der Waals surface area contributed by atoms with E-state index in [1.165, 1.54) is 32.0 Å². The Morgan fingerprint density at radius 1 is 1.21 bits per heavy atom. The fourth-order valence-electron chi connectivity index (χ4n) is 1.84. The summed E-state index contributed by atoms with van der Waals surface area (Å²) in [6.45, 7) is 2.72. The third-order valence-electron chi connectivity index (χ3n) is 3.28. The third kappa shape index (κ3) is 3.95. The molecule has 0 saturated heterocycles. The maximum atomic E-state index is 12.7. The van der Waals surface area contributed by atoms with Crippen molar-refractivity contribution in [1.82, 2.24) is 0 Å². The van der Waals surface area contributed by atoms with Crippen LogP contribution >= 0.6 is 11.3 Å². The average molecular weight is 368 g/mol. The highest BCUT2D eigenvalue weighted by Gasteiger charge is 2.26. The summed E-state index contributed by atoms with van der Waals surface area (Å²) in [5.74, 6) is -0.595. The predicted octanol–water partition coefficient (Wildman–Crippen LogP) is 2.36. The number of rotatable bonds is 5. The number of carbonyl (C=O) groups is 1. The van der Waals surface area contributed by atoms with Gasteiger partial charge in [-0.25, -0.2) is 8.42 Å². The predicted molar refractivity (Wildman–Crippen MR) is 95.5 cm³/mol. The summed E-state index contributed by atoms with van der Waals surface area (Å²) in [5, 5.41) is 12.5. The smallest absolute Gasteiger partial charge is 0.256 e. The number of sulfone groups is 1. The zero-order valence-electron chi connectivity index (χ0n) is 13.9. The fraction of sp³-hybridized carbons (Fsp3) is 0.312.